The molecule has 4 heterocycles. The number of anilines is 1. The molecule has 10 heteroatoms. The van der Waals surface area contributed by atoms with E-state index in [9.17, 15) is 4.79 Å². The van der Waals surface area contributed by atoms with Crippen LogP contribution in [0.25, 0.3) is 17.0 Å². The topological polar surface area (TPSA) is 103 Å². The number of hydrogen-bond donors (Lipinski definition) is 0. The molecule has 0 aliphatic carbocycles. The van der Waals surface area contributed by atoms with Crippen molar-refractivity contribution in [3.63, 3.8) is 0 Å². The standard InChI is InChI=1S/C19H18N8O2/c1-25-16(20-12-21-25)11-29-19-14(26-9-5-8-17(26)28)10-15-22-23-18(27(15)24-19)13-6-3-2-4-7-13/h2-4,6-7,10,12H,5,8-9,11H2,1H3. The normalized spacial score (nSPS) is 14.1. The van der Waals surface area contributed by atoms with Gasteiger partial charge < -0.3 is 9.64 Å². The predicted octanol–water partition coefficient (Wildman–Crippen LogP) is 1.63. The molecule has 1 amide bonds. The van der Waals surface area contributed by atoms with E-state index in [2.05, 4.69) is 25.4 Å². The van der Waals surface area contributed by atoms with Crippen molar-refractivity contribution in [3.05, 3.63) is 48.5 Å². The molecule has 0 saturated carbocycles. The minimum Gasteiger partial charge on any atom is -0.467 e. The molecule has 1 aliphatic heterocycles. The van der Waals surface area contributed by atoms with Crippen LogP contribution in [0.3, 0.4) is 0 Å². The summed E-state index contributed by atoms with van der Waals surface area (Å²) >= 11 is 0. The van der Waals surface area contributed by atoms with E-state index in [1.165, 1.54) is 6.33 Å². The van der Waals surface area contributed by atoms with Crippen LogP contribution in [0.5, 0.6) is 5.88 Å². The Balaban J connectivity index is 1.60. The Bertz CT molecular complexity index is 1180. The summed E-state index contributed by atoms with van der Waals surface area (Å²) in [6, 6.07) is 11.5. The highest BCUT2D eigenvalue weighted by atomic mass is 16.5. The van der Waals surface area contributed by atoms with Crippen LogP contribution in [0.2, 0.25) is 0 Å². The van der Waals surface area contributed by atoms with Gasteiger partial charge in [0.15, 0.2) is 17.3 Å². The van der Waals surface area contributed by atoms with Crippen LogP contribution in [0.4, 0.5) is 5.69 Å². The number of hydrogen-bond acceptors (Lipinski definition) is 7. The molecular formula is C19H18N8O2. The van der Waals surface area contributed by atoms with E-state index in [4.69, 9.17) is 4.74 Å². The van der Waals surface area contributed by atoms with Crippen LogP contribution in [0.15, 0.2) is 42.7 Å². The maximum absolute atomic E-state index is 12.4. The first-order valence-electron chi connectivity index (χ1n) is 9.28. The van der Waals surface area contributed by atoms with Crippen molar-refractivity contribution in [1.29, 1.82) is 0 Å². The average molecular weight is 390 g/mol. The van der Waals surface area contributed by atoms with Gasteiger partial charge in [-0.3, -0.25) is 9.48 Å². The molecular weight excluding hydrogens is 372 g/mol. The number of rotatable bonds is 5. The summed E-state index contributed by atoms with van der Waals surface area (Å²) in [4.78, 5) is 18.2. The van der Waals surface area contributed by atoms with Crippen LogP contribution in [0, 0.1) is 0 Å². The number of ether oxygens (including phenoxy) is 1. The van der Waals surface area contributed by atoms with Crippen LogP contribution in [-0.4, -0.2) is 47.0 Å². The second-order valence-corrected chi connectivity index (χ2v) is 6.73. The molecule has 0 unspecified atom stereocenters. The highest BCUT2D eigenvalue weighted by Crippen LogP contribution is 2.32. The van der Waals surface area contributed by atoms with E-state index < -0.39 is 0 Å². The quantitative estimate of drug-likeness (QED) is 0.510. The third-order valence-corrected chi connectivity index (χ3v) is 4.88. The third kappa shape index (κ3) is 3.08. The zero-order chi connectivity index (χ0) is 19.8. The van der Waals surface area contributed by atoms with Gasteiger partial charge in [-0.2, -0.15) is 9.61 Å². The first-order valence-corrected chi connectivity index (χ1v) is 9.28. The molecule has 1 saturated heterocycles. The van der Waals surface area contributed by atoms with Gasteiger partial charge in [0, 0.05) is 31.6 Å². The Morgan fingerprint density at radius 1 is 1.17 bits per heavy atom. The maximum Gasteiger partial charge on any atom is 0.256 e. The summed E-state index contributed by atoms with van der Waals surface area (Å²) in [6.07, 6.45) is 2.78. The highest BCUT2D eigenvalue weighted by molar-refractivity contribution is 5.96. The van der Waals surface area contributed by atoms with E-state index in [1.54, 1.807) is 27.2 Å². The Hall–Kier alpha value is -3.82. The Labute approximate surface area is 165 Å². The van der Waals surface area contributed by atoms with E-state index >= 15 is 0 Å². The summed E-state index contributed by atoms with van der Waals surface area (Å²) in [7, 11) is 1.79. The second kappa shape index (κ2) is 6.97. The van der Waals surface area contributed by atoms with Crippen molar-refractivity contribution in [2.45, 2.75) is 19.4 Å². The van der Waals surface area contributed by atoms with Gasteiger partial charge in [0.1, 0.15) is 18.6 Å². The van der Waals surface area contributed by atoms with Gasteiger partial charge in [0.2, 0.25) is 5.91 Å². The molecule has 0 N–H and O–H groups in total. The molecule has 10 nitrogen and oxygen atoms in total. The van der Waals surface area contributed by atoms with Crippen molar-refractivity contribution < 1.29 is 9.53 Å². The van der Waals surface area contributed by atoms with Gasteiger partial charge in [-0.05, 0) is 6.42 Å². The van der Waals surface area contributed by atoms with Gasteiger partial charge in [0.05, 0.1) is 0 Å². The first-order chi connectivity index (χ1) is 14.2. The van der Waals surface area contributed by atoms with Crippen molar-refractivity contribution in [1.82, 2.24) is 34.6 Å². The number of aromatic nitrogens is 7. The van der Waals surface area contributed by atoms with Gasteiger partial charge in [-0.25, -0.2) is 4.98 Å². The molecule has 0 atom stereocenters. The van der Waals surface area contributed by atoms with Crippen LogP contribution in [0.1, 0.15) is 18.7 Å². The molecule has 1 aromatic carbocycles. The van der Waals surface area contributed by atoms with E-state index in [0.29, 0.717) is 41.8 Å². The summed E-state index contributed by atoms with van der Waals surface area (Å²) in [6.45, 7) is 0.795. The molecule has 146 valence electrons. The lowest BCUT2D eigenvalue weighted by molar-refractivity contribution is -0.117. The lowest BCUT2D eigenvalue weighted by Crippen LogP contribution is -2.25. The number of nitrogens with zero attached hydrogens (tertiary/aromatic N) is 8. The van der Waals surface area contributed by atoms with Gasteiger partial charge >= 0.3 is 0 Å². The van der Waals surface area contributed by atoms with Gasteiger partial charge in [-0.15, -0.1) is 15.3 Å². The zero-order valence-electron chi connectivity index (χ0n) is 15.8. The molecule has 3 aromatic heterocycles. The molecule has 0 bridgehead atoms. The van der Waals surface area contributed by atoms with Crippen molar-refractivity contribution in [2.75, 3.05) is 11.4 Å². The third-order valence-electron chi connectivity index (χ3n) is 4.88. The van der Waals surface area contributed by atoms with E-state index in [0.717, 1.165) is 12.0 Å². The predicted molar refractivity (Wildman–Crippen MR) is 103 cm³/mol. The number of amides is 1. The first kappa shape index (κ1) is 17.3. The van der Waals surface area contributed by atoms with Crippen molar-refractivity contribution in [2.24, 2.45) is 7.05 Å². The molecule has 4 aromatic rings. The Morgan fingerprint density at radius 3 is 2.76 bits per heavy atom. The molecule has 1 fully saturated rings. The number of benzene rings is 1. The monoisotopic (exact) mass is 390 g/mol. The number of fused-ring (bicyclic) bond motifs is 1. The lowest BCUT2D eigenvalue weighted by Gasteiger charge is -2.19. The summed E-state index contributed by atoms with van der Waals surface area (Å²) in [5, 5.41) is 17.2. The van der Waals surface area contributed by atoms with Gasteiger partial charge in [0.25, 0.3) is 5.88 Å². The van der Waals surface area contributed by atoms with Crippen molar-refractivity contribution >= 4 is 17.2 Å². The molecule has 0 spiro atoms. The number of carbonyl (C=O) groups is 1. The Morgan fingerprint density at radius 2 is 2.03 bits per heavy atom. The molecule has 0 radical (unpaired) electrons. The molecule has 29 heavy (non-hydrogen) atoms. The Kier molecular flexibility index (Phi) is 4.15. The van der Waals surface area contributed by atoms with Crippen LogP contribution >= 0.6 is 0 Å². The summed E-state index contributed by atoms with van der Waals surface area (Å²) in [5.74, 6) is 1.62. The fourth-order valence-electron chi connectivity index (χ4n) is 3.36. The second-order valence-electron chi connectivity index (χ2n) is 6.73. The van der Waals surface area contributed by atoms with Crippen LogP contribution < -0.4 is 9.64 Å². The maximum atomic E-state index is 12.4. The lowest BCUT2D eigenvalue weighted by atomic mass is 10.2. The minimum atomic E-state index is 0.0439. The summed E-state index contributed by atoms with van der Waals surface area (Å²) in [5.41, 5.74) is 2.02. The SMILES string of the molecule is Cn1ncnc1COc1nn2c(-c3ccccc3)nnc2cc1N1CCCC1=O. The zero-order valence-corrected chi connectivity index (χ0v) is 15.8. The fourth-order valence-corrected chi connectivity index (χ4v) is 3.36. The summed E-state index contributed by atoms with van der Waals surface area (Å²) < 4.78 is 9.25. The fraction of sp³-hybridized carbons (Fsp3) is 0.263. The van der Waals surface area contributed by atoms with Gasteiger partial charge in [-0.1, -0.05) is 30.3 Å². The minimum absolute atomic E-state index is 0.0439. The molecule has 5 rings (SSSR count). The number of aryl methyl sites for hydroxylation is 1. The smallest absolute Gasteiger partial charge is 0.256 e. The molecule has 1 aliphatic rings. The largest absolute Gasteiger partial charge is 0.467 e. The van der Waals surface area contributed by atoms with Crippen LogP contribution in [-0.2, 0) is 18.4 Å². The highest BCUT2D eigenvalue weighted by Gasteiger charge is 2.27. The van der Waals surface area contributed by atoms with E-state index in [1.807, 2.05) is 30.3 Å². The van der Waals surface area contributed by atoms with E-state index in [-0.39, 0.29) is 12.5 Å². The van der Waals surface area contributed by atoms with Crippen molar-refractivity contribution in [3.8, 4) is 17.3 Å². The number of carbonyl (C=O) groups excluding carboxylic acids is 1. The average Bonchev–Trinajstić information content (AvgIpc) is 3.46.